The Balaban J connectivity index is 3.17. The lowest BCUT2D eigenvalue weighted by molar-refractivity contribution is 0.992. The highest BCUT2D eigenvalue weighted by Crippen LogP contribution is 2.34. The molecule has 1 aromatic rings. The van der Waals surface area contributed by atoms with Gasteiger partial charge in [0.1, 0.15) is 0 Å². The molecule has 0 nitrogen and oxygen atoms in total. The summed E-state index contributed by atoms with van der Waals surface area (Å²) in [6.07, 6.45) is 4.99. The Morgan fingerprint density at radius 2 is 1.08 bits per heavy atom. The summed E-state index contributed by atoms with van der Waals surface area (Å²) >= 11 is 0. The zero-order chi connectivity index (χ0) is 9.84. The molecule has 0 saturated carbocycles. The van der Waals surface area contributed by atoms with Gasteiger partial charge in [-0.1, -0.05) is 27.7 Å². The van der Waals surface area contributed by atoms with Gasteiger partial charge in [0, 0.05) is 0 Å². The van der Waals surface area contributed by atoms with E-state index in [1.807, 2.05) is 0 Å². The topological polar surface area (TPSA) is 0 Å². The zero-order valence-corrected chi connectivity index (χ0v) is 10.3. The van der Waals surface area contributed by atoms with Gasteiger partial charge in [-0.3, -0.25) is 0 Å². The Labute approximate surface area is 83.8 Å². The summed E-state index contributed by atoms with van der Waals surface area (Å²) < 4.78 is 0. The molecule has 13 heavy (non-hydrogen) atoms. The molecule has 0 spiro atoms. The Kier molecular flexibility index (Phi) is 4.06. The lowest BCUT2D eigenvalue weighted by Crippen LogP contribution is -1.91. The number of hydrogen-bond acceptors (Lipinski definition) is 0. The Morgan fingerprint density at radius 3 is 1.31 bits per heavy atom. The van der Waals surface area contributed by atoms with E-state index in [9.17, 15) is 0 Å². The van der Waals surface area contributed by atoms with Crippen molar-refractivity contribution in [2.45, 2.75) is 53.4 Å². The van der Waals surface area contributed by atoms with Crippen molar-refractivity contribution in [1.82, 2.24) is 0 Å². The van der Waals surface area contributed by atoms with Gasteiger partial charge in [0.05, 0.1) is 0 Å². The highest BCUT2D eigenvalue weighted by atomic mass is 31.0. The number of aryl methyl sites for hydroxylation is 2. The molecule has 1 aromatic heterocycles. The fraction of sp³-hybridized carbons (Fsp3) is 0.667. The summed E-state index contributed by atoms with van der Waals surface area (Å²) in [5, 5.41) is 3.47. The van der Waals surface area contributed by atoms with Gasteiger partial charge in [-0.2, -0.15) is 0 Å². The minimum atomic E-state index is 1.02. The average molecular weight is 196 g/mol. The van der Waals surface area contributed by atoms with Gasteiger partial charge in [-0.05, 0) is 47.4 Å². The number of hydrogen-bond donors (Lipinski definition) is 0. The van der Waals surface area contributed by atoms with Crippen molar-refractivity contribution in [3.63, 3.8) is 0 Å². The van der Waals surface area contributed by atoms with E-state index in [-0.39, 0.29) is 0 Å². The third-order valence-corrected chi connectivity index (χ3v) is 4.72. The van der Waals surface area contributed by atoms with E-state index in [1.54, 1.807) is 21.7 Å². The van der Waals surface area contributed by atoms with Crippen LogP contribution in [0.2, 0.25) is 0 Å². The van der Waals surface area contributed by atoms with Crippen LogP contribution in [0.4, 0.5) is 0 Å². The van der Waals surface area contributed by atoms with Gasteiger partial charge in [0.15, 0.2) is 0 Å². The van der Waals surface area contributed by atoms with Crippen molar-refractivity contribution in [1.29, 1.82) is 0 Å². The van der Waals surface area contributed by atoms with Crippen LogP contribution in [0.5, 0.6) is 0 Å². The van der Waals surface area contributed by atoms with Crippen molar-refractivity contribution < 1.29 is 0 Å². The summed E-state index contributed by atoms with van der Waals surface area (Å²) in [7, 11) is 1.02. The minimum Gasteiger partial charge on any atom is -0.133 e. The summed E-state index contributed by atoms with van der Waals surface area (Å²) in [6.45, 7) is 9.18. The summed E-state index contributed by atoms with van der Waals surface area (Å²) in [6, 6.07) is 0. The van der Waals surface area contributed by atoms with Crippen LogP contribution in [0.1, 0.15) is 49.4 Å². The molecule has 0 fully saturated rings. The van der Waals surface area contributed by atoms with E-state index in [0.29, 0.717) is 0 Å². The normalized spacial score (nSPS) is 10.8. The second-order valence-electron chi connectivity index (χ2n) is 3.45. The predicted molar refractivity (Wildman–Crippen MR) is 63.5 cm³/mol. The van der Waals surface area contributed by atoms with Crippen molar-refractivity contribution in [2.75, 3.05) is 0 Å². The first-order chi connectivity index (χ1) is 6.28. The Hall–Kier alpha value is -0.220. The standard InChI is InChI=1S/C12H21P/c1-5-9-10(6-2)12(8-4)13-11(9)7-3/h13H,5-8H2,1-4H3. The smallest absolute Gasteiger partial charge is 0.0269 e. The van der Waals surface area contributed by atoms with Crippen LogP contribution in [-0.4, -0.2) is 0 Å². The van der Waals surface area contributed by atoms with Gasteiger partial charge in [-0.25, -0.2) is 0 Å². The quantitative estimate of drug-likeness (QED) is 0.683. The summed E-state index contributed by atoms with van der Waals surface area (Å²) in [5.41, 5.74) is 3.39. The molecule has 0 atom stereocenters. The molecule has 0 aromatic carbocycles. The molecule has 74 valence electrons. The largest absolute Gasteiger partial charge is 0.133 e. The zero-order valence-electron chi connectivity index (χ0n) is 9.33. The van der Waals surface area contributed by atoms with E-state index in [4.69, 9.17) is 0 Å². The van der Waals surface area contributed by atoms with Crippen LogP contribution in [-0.2, 0) is 25.7 Å². The van der Waals surface area contributed by atoms with Crippen LogP contribution in [0.15, 0.2) is 0 Å². The van der Waals surface area contributed by atoms with Crippen LogP contribution < -0.4 is 0 Å². The van der Waals surface area contributed by atoms with Crippen molar-refractivity contribution in [2.24, 2.45) is 0 Å². The van der Waals surface area contributed by atoms with Crippen LogP contribution in [0, 0.1) is 0 Å². The van der Waals surface area contributed by atoms with Gasteiger partial charge in [0.25, 0.3) is 0 Å². The van der Waals surface area contributed by atoms with E-state index in [1.165, 1.54) is 25.7 Å². The fourth-order valence-electron chi connectivity index (χ4n) is 2.15. The third kappa shape index (κ3) is 1.99. The molecule has 0 N–H and O–H groups in total. The second-order valence-corrected chi connectivity index (χ2v) is 4.91. The Morgan fingerprint density at radius 1 is 0.692 bits per heavy atom. The molecule has 0 radical (unpaired) electrons. The lowest BCUT2D eigenvalue weighted by atomic mass is 10.0. The monoisotopic (exact) mass is 196 g/mol. The molecule has 0 saturated heterocycles. The van der Waals surface area contributed by atoms with Crippen LogP contribution in [0.3, 0.4) is 0 Å². The molecule has 0 amide bonds. The SMILES string of the molecule is CCc1[pH]c(CC)c(CC)c1CC. The molecular formula is C12H21P. The molecule has 0 aliphatic carbocycles. The molecule has 1 heteroatoms. The molecule has 0 aliphatic heterocycles. The maximum Gasteiger partial charge on any atom is -0.0269 e. The van der Waals surface area contributed by atoms with Gasteiger partial charge in [-0.15, -0.1) is 8.19 Å². The molecule has 1 heterocycles. The summed E-state index contributed by atoms with van der Waals surface area (Å²) in [5.74, 6) is 0. The van der Waals surface area contributed by atoms with E-state index < -0.39 is 0 Å². The first-order valence-corrected chi connectivity index (χ1v) is 6.49. The molecular weight excluding hydrogens is 175 g/mol. The maximum atomic E-state index is 2.30. The molecule has 0 unspecified atom stereocenters. The van der Waals surface area contributed by atoms with Crippen molar-refractivity contribution in [3.05, 3.63) is 21.7 Å². The van der Waals surface area contributed by atoms with Crippen LogP contribution >= 0.6 is 8.19 Å². The van der Waals surface area contributed by atoms with Crippen LogP contribution in [0.25, 0.3) is 0 Å². The molecule has 0 bridgehead atoms. The van der Waals surface area contributed by atoms with Crippen molar-refractivity contribution >= 4 is 8.19 Å². The van der Waals surface area contributed by atoms with E-state index >= 15 is 0 Å². The third-order valence-electron chi connectivity index (χ3n) is 2.81. The van der Waals surface area contributed by atoms with Gasteiger partial charge in [0.2, 0.25) is 0 Å². The lowest BCUT2D eigenvalue weighted by Gasteiger charge is -2.03. The van der Waals surface area contributed by atoms with E-state index in [2.05, 4.69) is 27.7 Å². The predicted octanol–water partition coefficient (Wildman–Crippen LogP) is 3.97. The fourth-order valence-corrected chi connectivity index (χ4v) is 3.83. The molecule has 1 rings (SSSR count). The molecule has 0 aliphatic rings. The van der Waals surface area contributed by atoms with E-state index in [0.717, 1.165) is 8.19 Å². The second kappa shape index (κ2) is 4.86. The minimum absolute atomic E-state index is 1.02. The number of rotatable bonds is 4. The first-order valence-electron chi connectivity index (χ1n) is 5.49. The summed E-state index contributed by atoms with van der Waals surface area (Å²) in [4.78, 5) is 0. The average Bonchev–Trinajstić information content (AvgIpc) is 2.54. The maximum absolute atomic E-state index is 2.30. The van der Waals surface area contributed by atoms with Gasteiger partial charge < -0.3 is 0 Å². The Bertz CT molecular complexity index is 244. The van der Waals surface area contributed by atoms with Gasteiger partial charge >= 0.3 is 0 Å². The highest BCUT2D eigenvalue weighted by molar-refractivity contribution is 7.32. The highest BCUT2D eigenvalue weighted by Gasteiger charge is 2.11. The first kappa shape index (κ1) is 10.9. The van der Waals surface area contributed by atoms with Crippen molar-refractivity contribution in [3.8, 4) is 0 Å².